The molecule has 0 spiro atoms. The van der Waals surface area contributed by atoms with E-state index in [1.807, 2.05) is 43.5 Å². The lowest BCUT2D eigenvalue weighted by atomic mass is 9.69. The number of benzene rings is 2. The maximum Gasteiger partial charge on any atom is 0.227 e. The topological polar surface area (TPSA) is 92.4 Å². The van der Waals surface area contributed by atoms with Gasteiger partial charge < -0.3 is 10.4 Å². The van der Waals surface area contributed by atoms with Crippen LogP contribution in [-0.2, 0) is 4.79 Å². The molecule has 3 aromatic rings. The molecule has 1 atom stereocenters. The lowest BCUT2D eigenvalue weighted by Gasteiger charge is -2.37. The Morgan fingerprint density at radius 1 is 1.11 bits per heavy atom. The van der Waals surface area contributed by atoms with E-state index in [2.05, 4.69) is 43.2 Å². The highest BCUT2D eigenvalue weighted by molar-refractivity contribution is 6.30. The maximum atomic E-state index is 13.7. The standard InChI is InChI=1S/C28H34ClN5O2/c1-16(2)27(4,5)15-28(6,7)26(36)31-24-25-33-32-17(3)34(25)22-13-12-20(35)14-21(22)23(30-24)18-8-10-19(29)11-9-18/h8-14,16,24,35H,15H2,1-7H3,(H,31,36). The third kappa shape index (κ3) is 4.89. The van der Waals surface area contributed by atoms with E-state index in [1.54, 1.807) is 24.3 Å². The normalized spacial score (nSPS) is 15.7. The quantitative estimate of drug-likeness (QED) is 0.428. The molecule has 2 heterocycles. The Morgan fingerprint density at radius 3 is 2.42 bits per heavy atom. The molecule has 0 aliphatic carbocycles. The highest BCUT2D eigenvalue weighted by Gasteiger charge is 2.38. The SMILES string of the molecule is Cc1nnc2n1-c1ccc(O)cc1C(c1ccc(Cl)cc1)=NC2NC(=O)C(C)(C)CC(C)(C)C(C)C. The number of aromatic nitrogens is 3. The lowest BCUT2D eigenvalue weighted by molar-refractivity contribution is -0.132. The number of aliphatic imine (C=N–C) groups is 1. The van der Waals surface area contributed by atoms with Crippen molar-refractivity contribution in [2.75, 3.05) is 0 Å². The molecule has 0 fully saturated rings. The van der Waals surface area contributed by atoms with E-state index in [-0.39, 0.29) is 17.1 Å². The number of halogens is 1. The Balaban J connectivity index is 1.83. The number of carbonyl (C=O) groups is 1. The second kappa shape index (κ2) is 9.36. The van der Waals surface area contributed by atoms with E-state index in [0.29, 0.717) is 40.3 Å². The number of rotatable bonds is 6. The van der Waals surface area contributed by atoms with Crippen molar-refractivity contribution in [1.29, 1.82) is 0 Å². The second-order valence-corrected chi connectivity index (χ2v) is 11.6. The fourth-order valence-corrected chi connectivity index (χ4v) is 4.82. The van der Waals surface area contributed by atoms with Crippen molar-refractivity contribution in [3.8, 4) is 11.4 Å². The van der Waals surface area contributed by atoms with Gasteiger partial charge in [0, 0.05) is 21.6 Å². The molecule has 0 radical (unpaired) electrons. The molecule has 36 heavy (non-hydrogen) atoms. The molecule has 0 saturated heterocycles. The van der Waals surface area contributed by atoms with Crippen molar-refractivity contribution in [2.45, 2.75) is 61.1 Å². The largest absolute Gasteiger partial charge is 0.508 e. The number of aryl methyl sites for hydroxylation is 1. The molecule has 1 amide bonds. The first kappa shape index (κ1) is 25.9. The number of nitrogens with zero attached hydrogens (tertiary/aromatic N) is 4. The Hall–Kier alpha value is -3.19. The van der Waals surface area contributed by atoms with Crippen molar-refractivity contribution >= 4 is 23.2 Å². The predicted molar refractivity (Wildman–Crippen MR) is 143 cm³/mol. The summed E-state index contributed by atoms with van der Waals surface area (Å²) >= 11 is 6.15. The lowest BCUT2D eigenvalue weighted by Crippen LogP contribution is -2.42. The number of hydrogen-bond acceptors (Lipinski definition) is 5. The third-order valence-corrected chi connectivity index (χ3v) is 7.54. The van der Waals surface area contributed by atoms with Gasteiger partial charge in [-0.25, -0.2) is 0 Å². The van der Waals surface area contributed by atoms with Crippen molar-refractivity contribution in [3.63, 3.8) is 0 Å². The van der Waals surface area contributed by atoms with Crippen LogP contribution in [0.4, 0.5) is 0 Å². The summed E-state index contributed by atoms with van der Waals surface area (Å²) in [5.74, 6) is 1.59. The predicted octanol–water partition coefficient (Wildman–Crippen LogP) is 6.00. The van der Waals surface area contributed by atoms with Gasteiger partial charge in [0.25, 0.3) is 0 Å². The van der Waals surface area contributed by atoms with Crippen LogP contribution in [0.2, 0.25) is 5.02 Å². The zero-order valence-corrected chi connectivity index (χ0v) is 22.7. The second-order valence-electron chi connectivity index (χ2n) is 11.2. The van der Waals surface area contributed by atoms with Gasteiger partial charge in [0.1, 0.15) is 11.6 Å². The Kier molecular flexibility index (Phi) is 6.73. The highest BCUT2D eigenvalue weighted by Crippen LogP contribution is 2.40. The first-order valence-corrected chi connectivity index (χ1v) is 12.6. The van der Waals surface area contributed by atoms with Gasteiger partial charge in [0.2, 0.25) is 5.91 Å². The number of phenolic OH excluding ortho intramolecular Hbond substituents is 1. The van der Waals surface area contributed by atoms with Crippen LogP contribution in [0.25, 0.3) is 5.69 Å². The number of phenols is 1. The van der Waals surface area contributed by atoms with E-state index in [9.17, 15) is 9.90 Å². The van der Waals surface area contributed by atoms with Crippen LogP contribution in [0.3, 0.4) is 0 Å². The first-order chi connectivity index (χ1) is 16.8. The van der Waals surface area contributed by atoms with E-state index in [4.69, 9.17) is 16.6 Å². The van der Waals surface area contributed by atoms with Gasteiger partial charge in [-0.15, -0.1) is 10.2 Å². The third-order valence-electron chi connectivity index (χ3n) is 7.29. The van der Waals surface area contributed by atoms with E-state index in [0.717, 1.165) is 11.3 Å². The van der Waals surface area contributed by atoms with Crippen LogP contribution in [0.1, 0.15) is 76.9 Å². The van der Waals surface area contributed by atoms with Gasteiger partial charge in [0.05, 0.1) is 11.4 Å². The molecule has 1 aromatic heterocycles. The van der Waals surface area contributed by atoms with Crippen LogP contribution >= 0.6 is 11.6 Å². The fraction of sp³-hybridized carbons (Fsp3) is 0.429. The summed E-state index contributed by atoms with van der Waals surface area (Å²) < 4.78 is 1.89. The molecular formula is C28H34ClN5O2. The zero-order chi connectivity index (χ0) is 26.4. The van der Waals surface area contributed by atoms with E-state index in [1.165, 1.54) is 0 Å². The smallest absolute Gasteiger partial charge is 0.227 e. The van der Waals surface area contributed by atoms with Crippen LogP contribution in [-0.4, -0.2) is 31.5 Å². The number of nitrogens with one attached hydrogen (secondary N) is 1. The molecule has 2 N–H and O–H groups in total. The van der Waals surface area contributed by atoms with Gasteiger partial charge in [-0.05, 0) is 55.0 Å². The van der Waals surface area contributed by atoms with Crippen LogP contribution < -0.4 is 5.32 Å². The van der Waals surface area contributed by atoms with Crippen molar-refractivity contribution in [3.05, 3.63) is 70.3 Å². The van der Waals surface area contributed by atoms with Gasteiger partial charge in [-0.1, -0.05) is 65.3 Å². The average molecular weight is 508 g/mol. The molecule has 190 valence electrons. The van der Waals surface area contributed by atoms with Crippen LogP contribution in [0.15, 0.2) is 47.5 Å². The number of carbonyl (C=O) groups excluding carboxylic acids is 1. The van der Waals surface area contributed by atoms with Gasteiger partial charge >= 0.3 is 0 Å². The zero-order valence-electron chi connectivity index (χ0n) is 21.9. The van der Waals surface area contributed by atoms with Crippen LogP contribution in [0.5, 0.6) is 5.75 Å². The van der Waals surface area contributed by atoms with E-state index >= 15 is 0 Å². The number of hydrogen-bond donors (Lipinski definition) is 2. The molecule has 4 rings (SSSR count). The molecular weight excluding hydrogens is 474 g/mol. The first-order valence-electron chi connectivity index (χ1n) is 12.2. The minimum atomic E-state index is -0.777. The molecule has 1 aliphatic heterocycles. The minimum Gasteiger partial charge on any atom is -0.508 e. The molecule has 0 bridgehead atoms. The average Bonchev–Trinajstić information content (AvgIpc) is 3.11. The van der Waals surface area contributed by atoms with Gasteiger partial charge in [-0.2, -0.15) is 0 Å². The summed E-state index contributed by atoms with van der Waals surface area (Å²) in [6.45, 7) is 14.5. The number of fused-ring (bicyclic) bond motifs is 3. The Labute approximate surface area is 217 Å². The van der Waals surface area contributed by atoms with E-state index < -0.39 is 11.6 Å². The van der Waals surface area contributed by atoms with Gasteiger partial charge in [0.15, 0.2) is 12.0 Å². The summed E-state index contributed by atoms with van der Waals surface area (Å²) in [4.78, 5) is 18.7. The molecule has 1 aliphatic rings. The molecule has 0 saturated carbocycles. The maximum absolute atomic E-state index is 13.7. The Morgan fingerprint density at radius 2 is 1.78 bits per heavy atom. The molecule has 1 unspecified atom stereocenters. The minimum absolute atomic E-state index is 0.0214. The molecule has 2 aromatic carbocycles. The summed E-state index contributed by atoms with van der Waals surface area (Å²) in [5.41, 5.74) is 2.25. The highest BCUT2D eigenvalue weighted by atomic mass is 35.5. The van der Waals surface area contributed by atoms with Crippen molar-refractivity contribution in [1.82, 2.24) is 20.1 Å². The number of aromatic hydroxyl groups is 1. The van der Waals surface area contributed by atoms with Crippen molar-refractivity contribution < 1.29 is 9.90 Å². The fourth-order valence-electron chi connectivity index (χ4n) is 4.70. The summed E-state index contributed by atoms with van der Waals surface area (Å²) in [7, 11) is 0. The Bertz CT molecular complexity index is 1320. The number of amides is 1. The van der Waals surface area contributed by atoms with Crippen molar-refractivity contribution in [2.24, 2.45) is 21.7 Å². The monoisotopic (exact) mass is 507 g/mol. The summed E-state index contributed by atoms with van der Waals surface area (Å²) in [6.07, 6.45) is -0.0654. The van der Waals surface area contributed by atoms with Crippen LogP contribution in [0, 0.1) is 23.7 Å². The molecule has 7 nitrogen and oxygen atoms in total. The van der Waals surface area contributed by atoms with Gasteiger partial charge in [-0.3, -0.25) is 14.4 Å². The summed E-state index contributed by atoms with van der Waals surface area (Å²) in [6, 6.07) is 12.5. The summed E-state index contributed by atoms with van der Waals surface area (Å²) in [5, 5.41) is 22.8. The molecule has 8 heteroatoms.